The Hall–Kier alpha value is -4.53. The predicted molar refractivity (Wildman–Crippen MR) is 125 cm³/mol. The lowest BCUT2D eigenvalue weighted by atomic mass is 10.1. The van der Waals surface area contributed by atoms with Crippen molar-refractivity contribution in [3.05, 3.63) is 84.2 Å². The molecule has 0 aliphatic rings. The molecule has 0 fully saturated rings. The minimum Gasteiger partial charge on any atom is -0.466 e. The van der Waals surface area contributed by atoms with Crippen LogP contribution in [0.5, 0.6) is 0 Å². The molecule has 2 N–H and O–H groups in total. The maximum Gasteiger partial charge on any atom is 0.323 e. The number of carbonyl (C=O) groups excluding carboxylic acids is 2. The number of rotatable bonds is 7. The van der Waals surface area contributed by atoms with Crippen molar-refractivity contribution in [3.63, 3.8) is 0 Å². The number of nitrogens with one attached hydrogen (secondary N) is 2. The fourth-order valence-corrected chi connectivity index (χ4v) is 3.17. The van der Waals surface area contributed by atoms with E-state index in [9.17, 15) is 14.0 Å². The van der Waals surface area contributed by atoms with E-state index in [1.54, 1.807) is 43.3 Å². The third-order valence-electron chi connectivity index (χ3n) is 4.77. The Balaban J connectivity index is 1.42. The van der Waals surface area contributed by atoms with Crippen molar-refractivity contribution in [2.75, 3.05) is 17.2 Å². The molecular formula is C25H21FN4O4. The molecule has 2 amide bonds. The molecule has 0 saturated carbocycles. The molecular weight excluding hydrogens is 439 g/mol. The molecule has 0 spiro atoms. The average molecular weight is 460 g/mol. The molecule has 1 aromatic heterocycles. The summed E-state index contributed by atoms with van der Waals surface area (Å²) in [6, 6.07) is 19.5. The van der Waals surface area contributed by atoms with Gasteiger partial charge in [0, 0.05) is 16.9 Å². The van der Waals surface area contributed by atoms with E-state index in [1.165, 1.54) is 18.2 Å². The number of benzene rings is 3. The van der Waals surface area contributed by atoms with Gasteiger partial charge in [0.2, 0.25) is 5.89 Å². The van der Waals surface area contributed by atoms with E-state index >= 15 is 0 Å². The summed E-state index contributed by atoms with van der Waals surface area (Å²) >= 11 is 0. The Kier molecular flexibility index (Phi) is 6.92. The van der Waals surface area contributed by atoms with E-state index in [0.717, 1.165) is 5.56 Å². The summed E-state index contributed by atoms with van der Waals surface area (Å²) in [4.78, 5) is 24.0. The van der Waals surface area contributed by atoms with E-state index < -0.39 is 11.8 Å². The van der Waals surface area contributed by atoms with E-state index in [-0.39, 0.29) is 29.7 Å². The maximum atomic E-state index is 14.4. The van der Waals surface area contributed by atoms with Crippen LogP contribution in [-0.4, -0.2) is 28.8 Å². The Morgan fingerprint density at radius 3 is 2.32 bits per heavy atom. The van der Waals surface area contributed by atoms with E-state index in [1.807, 2.05) is 18.2 Å². The third-order valence-corrected chi connectivity index (χ3v) is 4.77. The van der Waals surface area contributed by atoms with E-state index in [0.29, 0.717) is 23.5 Å². The van der Waals surface area contributed by atoms with E-state index in [4.69, 9.17) is 9.15 Å². The lowest BCUT2D eigenvalue weighted by Gasteiger charge is -2.09. The number of urea groups is 1. The normalized spacial score (nSPS) is 10.5. The van der Waals surface area contributed by atoms with Gasteiger partial charge in [-0.2, -0.15) is 0 Å². The van der Waals surface area contributed by atoms with Crippen LogP contribution < -0.4 is 10.6 Å². The van der Waals surface area contributed by atoms with Gasteiger partial charge in [0.05, 0.1) is 18.6 Å². The first-order valence-corrected chi connectivity index (χ1v) is 10.5. The number of esters is 1. The van der Waals surface area contributed by atoms with Gasteiger partial charge in [0.15, 0.2) is 0 Å². The molecule has 4 aromatic rings. The SMILES string of the molecule is CCOC(=O)Cc1ccc(NC(=O)Nc2ccc(F)c(-c3nnc(-c4ccccc4)o3)c2)cc1. The standard InChI is InChI=1S/C25H21FN4O4/c1-2-33-22(31)14-16-8-10-18(11-9-16)27-25(32)28-19-12-13-21(26)20(15-19)24-30-29-23(34-24)17-6-4-3-5-7-17/h3-13,15H,2,14H2,1H3,(H2,27,28,32). The van der Waals surface area contributed by atoms with Crippen molar-refractivity contribution < 1.29 is 23.1 Å². The van der Waals surface area contributed by atoms with Gasteiger partial charge in [-0.05, 0) is 55.0 Å². The molecule has 0 aliphatic carbocycles. The maximum absolute atomic E-state index is 14.4. The van der Waals surface area contributed by atoms with Crippen LogP contribution in [0, 0.1) is 5.82 Å². The van der Waals surface area contributed by atoms with Crippen LogP contribution in [0.3, 0.4) is 0 Å². The highest BCUT2D eigenvalue weighted by atomic mass is 19.1. The van der Waals surface area contributed by atoms with Gasteiger partial charge in [0.1, 0.15) is 5.82 Å². The molecule has 0 bridgehead atoms. The van der Waals surface area contributed by atoms with Gasteiger partial charge in [-0.15, -0.1) is 10.2 Å². The Bertz CT molecular complexity index is 1290. The van der Waals surface area contributed by atoms with Crippen molar-refractivity contribution in [2.45, 2.75) is 13.3 Å². The number of carbonyl (C=O) groups is 2. The molecule has 34 heavy (non-hydrogen) atoms. The summed E-state index contributed by atoms with van der Waals surface area (Å²) < 4.78 is 25.0. The van der Waals surface area contributed by atoms with Gasteiger partial charge in [-0.1, -0.05) is 30.3 Å². The van der Waals surface area contributed by atoms with Gasteiger partial charge < -0.3 is 19.8 Å². The Labute approximate surface area is 194 Å². The molecule has 3 aromatic carbocycles. The molecule has 0 atom stereocenters. The summed E-state index contributed by atoms with van der Waals surface area (Å²) in [5.74, 6) is -0.619. The van der Waals surface area contributed by atoms with Gasteiger partial charge in [-0.25, -0.2) is 9.18 Å². The number of ether oxygens (including phenoxy) is 1. The van der Waals surface area contributed by atoms with Gasteiger partial charge in [-0.3, -0.25) is 4.79 Å². The number of amides is 2. The first kappa shape index (κ1) is 22.7. The smallest absolute Gasteiger partial charge is 0.323 e. The third kappa shape index (κ3) is 5.63. The van der Waals surface area contributed by atoms with Crippen LogP contribution in [0.2, 0.25) is 0 Å². The topological polar surface area (TPSA) is 106 Å². The minimum absolute atomic E-state index is 0.00222. The van der Waals surface area contributed by atoms with Crippen LogP contribution >= 0.6 is 0 Å². The quantitative estimate of drug-likeness (QED) is 0.363. The second kappa shape index (κ2) is 10.4. The molecule has 9 heteroatoms. The zero-order valence-electron chi connectivity index (χ0n) is 18.2. The lowest BCUT2D eigenvalue weighted by molar-refractivity contribution is -0.142. The number of hydrogen-bond donors (Lipinski definition) is 2. The number of hydrogen-bond acceptors (Lipinski definition) is 6. The first-order valence-electron chi connectivity index (χ1n) is 10.5. The van der Waals surface area contributed by atoms with Crippen molar-refractivity contribution in [3.8, 4) is 22.9 Å². The van der Waals surface area contributed by atoms with Crippen molar-refractivity contribution in [1.82, 2.24) is 10.2 Å². The number of nitrogens with zero attached hydrogens (tertiary/aromatic N) is 2. The highest BCUT2D eigenvalue weighted by molar-refractivity contribution is 6.00. The van der Waals surface area contributed by atoms with Crippen LogP contribution in [0.4, 0.5) is 20.6 Å². The lowest BCUT2D eigenvalue weighted by Crippen LogP contribution is -2.19. The largest absolute Gasteiger partial charge is 0.466 e. The van der Waals surface area contributed by atoms with Crippen molar-refractivity contribution >= 4 is 23.4 Å². The van der Waals surface area contributed by atoms with Crippen LogP contribution in [0.1, 0.15) is 12.5 Å². The fraction of sp³-hybridized carbons (Fsp3) is 0.120. The monoisotopic (exact) mass is 460 g/mol. The van der Waals surface area contributed by atoms with Gasteiger partial charge >= 0.3 is 12.0 Å². The molecule has 1 heterocycles. The molecule has 0 saturated heterocycles. The summed E-state index contributed by atoms with van der Waals surface area (Å²) in [6.45, 7) is 2.07. The molecule has 0 unspecified atom stereocenters. The van der Waals surface area contributed by atoms with Crippen molar-refractivity contribution in [2.24, 2.45) is 0 Å². The predicted octanol–water partition coefficient (Wildman–Crippen LogP) is 5.29. The molecule has 8 nitrogen and oxygen atoms in total. The van der Waals surface area contributed by atoms with Crippen LogP contribution in [0.25, 0.3) is 22.9 Å². The number of halogens is 1. The highest BCUT2D eigenvalue weighted by Crippen LogP contribution is 2.28. The molecule has 0 radical (unpaired) electrons. The second-order valence-electron chi connectivity index (χ2n) is 7.23. The Morgan fingerprint density at radius 1 is 0.912 bits per heavy atom. The average Bonchev–Trinajstić information content (AvgIpc) is 3.32. The zero-order valence-corrected chi connectivity index (χ0v) is 18.2. The minimum atomic E-state index is -0.564. The van der Waals surface area contributed by atoms with Crippen molar-refractivity contribution in [1.29, 1.82) is 0 Å². The number of aromatic nitrogens is 2. The number of anilines is 2. The Morgan fingerprint density at radius 2 is 1.59 bits per heavy atom. The van der Waals surface area contributed by atoms with Crippen LogP contribution in [0.15, 0.2) is 77.2 Å². The highest BCUT2D eigenvalue weighted by Gasteiger charge is 2.16. The van der Waals surface area contributed by atoms with Gasteiger partial charge in [0.25, 0.3) is 5.89 Å². The van der Waals surface area contributed by atoms with E-state index in [2.05, 4.69) is 20.8 Å². The fourth-order valence-electron chi connectivity index (χ4n) is 3.17. The summed E-state index contributed by atoms with van der Waals surface area (Å²) in [7, 11) is 0. The molecule has 172 valence electrons. The molecule has 4 rings (SSSR count). The summed E-state index contributed by atoms with van der Waals surface area (Å²) in [5.41, 5.74) is 2.41. The first-order chi connectivity index (χ1) is 16.5. The molecule has 0 aliphatic heterocycles. The summed E-state index contributed by atoms with van der Waals surface area (Å²) in [6.07, 6.45) is 0.153. The summed E-state index contributed by atoms with van der Waals surface area (Å²) in [5, 5.41) is 13.2. The zero-order chi connectivity index (χ0) is 23.9. The van der Waals surface area contributed by atoms with Crippen LogP contribution in [-0.2, 0) is 16.0 Å². The second-order valence-corrected chi connectivity index (χ2v) is 7.23.